The van der Waals surface area contributed by atoms with Gasteiger partial charge in [0.2, 0.25) is 0 Å². The second-order valence-corrected chi connectivity index (χ2v) is 7.92. The van der Waals surface area contributed by atoms with Crippen LogP contribution in [0.15, 0.2) is 39.7 Å². The molecule has 1 aromatic carbocycles. The number of benzene rings is 1. The van der Waals surface area contributed by atoms with Gasteiger partial charge in [-0.1, -0.05) is 47.2 Å². The van der Waals surface area contributed by atoms with Crippen LogP contribution in [0.2, 0.25) is 10.0 Å². The molecule has 0 saturated carbocycles. The van der Waals surface area contributed by atoms with Crippen LogP contribution in [0.4, 0.5) is 0 Å². The Morgan fingerprint density at radius 2 is 2.11 bits per heavy atom. The Morgan fingerprint density at radius 1 is 1.33 bits per heavy atom. The molecule has 1 saturated heterocycles. The van der Waals surface area contributed by atoms with Crippen LogP contribution in [0.3, 0.4) is 0 Å². The van der Waals surface area contributed by atoms with Gasteiger partial charge in [-0.05, 0) is 37.3 Å². The number of hydrogen-bond donors (Lipinski definition) is 0. The Hall–Kier alpha value is -1.80. The number of furan rings is 1. The van der Waals surface area contributed by atoms with Crippen molar-refractivity contribution in [3.8, 4) is 11.3 Å². The minimum Gasteiger partial charge on any atom is -0.465 e. The second kappa shape index (κ2) is 8.48. The fourth-order valence-electron chi connectivity index (χ4n) is 2.37. The van der Waals surface area contributed by atoms with Crippen LogP contribution in [-0.2, 0) is 14.3 Å². The van der Waals surface area contributed by atoms with E-state index in [-0.39, 0.29) is 19.1 Å². The van der Waals surface area contributed by atoms with Crippen LogP contribution in [0.25, 0.3) is 17.4 Å². The van der Waals surface area contributed by atoms with Crippen molar-refractivity contribution in [2.24, 2.45) is 0 Å². The lowest BCUT2D eigenvalue weighted by molar-refractivity contribution is -0.145. The topological polar surface area (TPSA) is 59.8 Å². The van der Waals surface area contributed by atoms with E-state index >= 15 is 0 Å². The third kappa shape index (κ3) is 4.55. The van der Waals surface area contributed by atoms with Crippen LogP contribution in [-0.4, -0.2) is 34.2 Å². The predicted octanol–water partition coefficient (Wildman–Crippen LogP) is 5.02. The molecule has 3 rings (SSSR count). The molecular formula is C18H13Cl2NO4S2. The van der Waals surface area contributed by atoms with Crippen molar-refractivity contribution in [1.29, 1.82) is 0 Å². The van der Waals surface area contributed by atoms with Crippen molar-refractivity contribution < 1.29 is 18.7 Å². The molecule has 0 bridgehead atoms. The van der Waals surface area contributed by atoms with Crippen molar-refractivity contribution in [3.05, 3.63) is 51.0 Å². The number of carbonyl (C=O) groups is 2. The summed E-state index contributed by atoms with van der Waals surface area (Å²) in [6.07, 6.45) is 1.58. The van der Waals surface area contributed by atoms with Gasteiger partial charge in [0.05, 0.1) is 16.5 Å². The summed E-state index contributed by atoms with van der Waals surface area (Å²) in [4.78, 5) is 25.7. The lowest BCUT2D eigenvalue weighted by Gasteiger charge is -2.12. The molecule has 2 heterocycles. The summed E-state index contributed by atoms with van der Waals surface area (Å²) in [5, 5.41) is 0.991. The molecule has 0 radical (unpaired) electrons. The summed E-state index contributed by atoms with van der Waals surface area (Å²) in [7, 11) is 0. The zero-order valence-electron chi connectivity index (χ0n) is 14.0. The SMILES string of the molecule is CCOC(=O)CN1C(=O)/C(=C/c2ccc(-c3ccc(Cl)cc3Cl)o2)SC1=S. The third-order valence-electron chi connectivity index (χ3n) is 3.56. The van der Waals surface area contributed by atoms with Crippen molar-refractivity contribution in [2.45, 2.75) is 6.92 Å². The summed E-state index contributed by atoms with van der Waals surface area (Å²) < 4.78 is 10.9. The third-order valence-corrected chi connectivity index (χ3v) is 5.49. The molecular weight excluding hydrogens is 429 g/mol. The average Bonchev–Trinajstić information content (AvgIpc) is 3.16. The van der Waals surface area contributed by atoms with E-state index in [0.717, 1.165) is 11.8 Å². The molecule has 140 valence electrons. The molecule has 0 aliphatic carbocycles. The first kappa shape index (κ1) is 19.9. The number of halogens is 2. The Labute approximate surface area is 175 Å². The van der Waals surface area contributed by atoms with Crippen LogP contribution < -0.4 is 0 Å². The highest BCUT2D eigenvalue weighted by atomic mass is 35.5. The van der Waals surface area contributed by atoms with Crippen LogP contribution in [0.5, 0.6) is 0 Å². The van der Waals surface area contributed by atoms with E-state index in [2.05, 4.69) is 0 Å². The lowest BCUT2D eigenvalue weighted by Crippen LogP contribution is -2.34. The normalized spacial score (nSPS) is 15.7. The minimum atomic E-state index is -0.507. The molecule has 9 heteroatoms. The molecule has 1 amide bonds. The van der Waals surface area contributed by atoms with Crippen molar-refractivity contribution in [1.82, 2.24) is 4.90 Å². The maximum absolute atomic E-state index is 12.5. The molecule has 1 aromatic heterocycles. The molecule has 1 aliphatic heterocycles. The lowest BCUT2D eigenvalue weighted by atomic mass is 10.2. The summed E-state index contributed by atoms with van der Waals surface area (Å²) >= 11 is 18.4. The zero-order valence-corrected chi connectivity index (χ0v) is 17.2. The number of carbonyl (C=O) groups excluding carboxylic acids is 2. The van der Waals surface area contributed by atoms with Crippen molar-refractivity contribution >= 4 is 69.5 Å². The summed E-state index contributed by atoms with van der Waals surface area (Å²) in [5.74, 6) is 0.144. The molecule has 1 aliphatic rings. The Bertz CT molecular complexity index is 955. The fraction of sp³-hybridized carbons (Fsp3) is 0.167. The quantitative estimate of drug-likeness (QED) is 0.368. The number of nitrogens with zero attached hydrogens (tertiary/aromatic N) is 1. The van der Waals surface area contributed by atoms with Crippen LogP contribution in [0.1, 0.15) is 12.7 Å². The van der Waals surface area contributed by atoms with Gasteiger partial charge in [-0.2, -0.15) is 0 Å². The first-order valence-corrected chi connectivity index (χ1v) is 9.83. The summed E-state index contributed by atoms with van der Waals surface area (Å²) in [6.45, 7) is 1.73. The molecule has 0 N–H and O–H groups in total. The number of esters is 1. The number of thiocarbonyl (C=S) groups is 1. The Morgan fingerprint density at radius 3 is 2.81 bits per heavy atom. The number of hydrogen-bond acceptors (Lipinski definition) is 6. The van der Waals surface area contributed by atoms with Crippen molar-refractivity contribution in [2.75, 3.05) is 13.2 Å². The summed E-state index contributed by atoms with van der Waals surface area (Å²) in [5.41, 5.74) is 0.690. The van der Waals surface area contributed by atoms with E-state index < -0.39 is 5.97 Å². The maximum Gasteiger partial charge on any atom is 0.326 e. The Kier molecular flexibility index (Phi) is 6.26. The standard InChI is InChI=1S/C18H13Cl2NO4S2/c1-2-24-16(22)9-21-17(23)15(27-18(21)26)8-11-4-6-14(25-11)12-5-3-10(19)7-13(12)20/h3-8H,2,9H2,1H3/b15-8-. The predicted molar refractivity (Wildman–Crippen MR) is 111 cm³/mol. The molecule has 2 aromatic rings. The number of amides is 1. The largest absolute Gasteiger partial charge is 0.465 e. The van der Waals surface area contributed by atoms with Gasteiger partial charge in [0.15, 0.2) is 0 Å². The molecule has 0 spiro atoms. The highest BCUT2D eigenvalue weighted by molar-refractivity contribution is 8.26. The molecule has 0 unspecified atom stereocenters. The Balaban J connectivity index is 1.79. The van der Waals surface area contributed by atoms with Gasteiger partial charge in [0, 0.05) is 16.7 Å². The van der Waals surface area contributed by atoms with Gasteiger partial charge in [-0.3, -0.25) is 14.5 Å². The van der Waals surface area contributed by atoms with Gasteiger partial charge in [-0.15, -0.1) is 0 Å². The van der Waals surface area contributed by atoms with E-state index in [1.54, 1.807) is 43.3 Å². The van der Waals surface area contributed by atoms with Gasteiger partial charge < -0.3 is 9.15 Å². The molecule has 1 fully saturated rings. The van der Waals surface area contributed by atoms with Gasteiger partial charge in [0.25, 0.3) is 5.91 Å². The highest BCUT2D eigenvalue weighted by Gasteiger charge is 2.34. The monoisotopic (exact) mass is 441 g/mol. The minimum absolute atomic E-state index is 0.209. The molecule has 27 heavy (non-hydrogen) atoms. The molecule has 0 atom stereocenters. The van der Waals surface area contributed by atoms with E-state index in [1.165, 1.54) is 4.90 Å². The van der Waals surface area contributed by atoms with Crippen molar-refractivity contribution in [3.63, 3.8) is 0 Å². The van der Waals surface area contributed by atoms with E-state index in [0.29, 0.717) is 36.4 Å². The summed E-state index contributed by atoms with van der Waals surface area (Å²) in [6, 6.07) is 8.57. The van der Waals surface area contributed by atoms with Gasteiger partial charge >= 0.3 is 5.97 Å². The van der Waals surface area contributed by atoms with Gasteiger partial charge in [-0.25, -0.2) is 0 Å². The average molecular weight is 442 g/mol. The number of ether oxygens (including phenoxy) is 1. The second-order valence-electron chi connectivity index (χ2n) is 5.40. The smallest absolute Gasteiger partial charge is 0.326 e. The fourth-order valence-corrected chi connectivity index (χ4v) is 4.10. The zero-order chi connectivity index (χ0) is 19.6. The van der Waals surface area contributed by atoms with E-state index in [4.69, 9.17) is 44.6 Å². The number of thioether (sulfide) groups is 1. The maximum atomic E-state index is 12.5. The molecule has 5 nitrogen and oxygen atoms in total. The van der Waals surface area contributed by atoms with Crippen LogP contribution >= 0.6 is 47.2 Å². The van der Waals surface area contributed by atoms with Crippen LogP contribution in [0, 0.1) is 0 Å². The van der Waals surface area contributed by atoms with E-state index in [1.807, 2.05) is 0 Å². The highest BCUT2D eigenvalue weighted by Crippen LogP contribution is 2.35. The first-order valence-electron chi connectivity index (χ1n) is 7.85. The number of rotatable bonds is 5. The first-order chi connectivity index (χ1) is 12.9. The van der Waals surface area contributed by atoms with E-state index in [9.17, 15) is 9.59 Å². The van der Waals surface area contributed by atoms with Gasteiger partial charge in [0.1, 0.15) is 22.4 Å².